The van der Waals surface area contributed by atoms with E-state index in [9.17, 15) is 4.79 Å². The number of benzene rings is 1. The number of methoxy groups -OCH3 is 2. The van der Waals surface area contributed by atoms with Gasteiger partial charge in [0, 0.05) is 0 Å². The van der Waals surface area contributed by atoms with Crippen molar-refractivity contribution in [1.82, 2.24) is 0 Å². The van der Waals surface area contributed by atoms with Gasteiger partial charge in [-0.25, -0.2) is 0 Å². The summed E-state index contributed by atoms with van der Waals surface area (Å²) in [6, 6.07) is 3.84. The van der Waals surface area contributed by atoms with E-state index in [1.54, 1.807) is 14.2 Å². The van der Waals surface area contributed by atoms with Gasteiger partial charge in [0.1, 0.15) is 11.5 Å². The first-order valence-electron chi connectivity index (χ1n) is 5.96. The van der Waals surface area contributed by atoms with Crippen LogP contribution in [0.4, 0.5) is 0 Å². The zero-order valence-corrected chi connectivity index (χ0v) is 10.8. The molecule has 0 saturated heterocycles. The molecular weight excluding hydrogens is 216 g/mol. The molecule has 0 fully saturated rings. The van der Waals surface area contributed by atoms with Crippen LogP contribution in [0.5, 0.6) is 11.5 Å². The van der Waals surface area contributed by atoms with Gasteiger partial charge in [0.05, 0.1) is 19.8 Å². The Morgan fingerprint density at radius 3 is 2.12 bits per heavy atom. The molecule has 3 heteroatoms. The summed E-state index contributed by atoms with van der Waals surface area (Å²) < 4.78 is 10.4. The van der Waals surface area contributed by atoms with E-state index in [1.807, 2.05) is 12.1 Å². The van der Waals surface area contributed by atoms with Crippen LogP contribution >= 0.6 is 0 Å². The predicted octanol–water partition coefficient (Wildman–Crippen LogP) is 3.25. The number of unbranched alkanes of at least 4 members (excludes halogenated alkanes) is 2. The van der Waals surface area contributed by atoms with Crippen molar-refractivity contribution in [3.05, 3.63) is 23.3 Å². The van der Waals surface area contributed by atoms with Crippen LogP contribution in [0.1, 0.15) is 42.1 Å². The van der Waals surface area contributed by atoms with Crippen LogP contribution in [0.25, 0.3) is 0 Å². The second kappa shape index (κ2) is 6.94. The number of hydrogen-bond donors (Lipinski definition) is 0. The van der Waals surface area contributed by atoms with E-state index < -0.39 is 0 Å². The molecule has 94 valence electrons. The van der Waals surface area contributed by atoms with E-state index in [0.29, 0.717) is 17.1 Å². The molecule has 0 aliphatic carbocycles. The van der Waals surface area contributed by atoms with E-state index in [0.717, 1.165) is 24.7 Å². The fourth-order valence-corrected chi connectivity index (χ4v) is 1.83. The first kappa shape index (κ1) is 13.6. The first-order chi connectivity index (χ1) is 8.26. The fraction of sp³-hybridized carbons (Fsp3) is 0.500. The van der Waals surface area contributed by atoms with E-state index in [2.05, 4.69) is 6.92 Å². The zero-order chi connectivity index (χ0) is 12.7. The van der Waals surface area contributed by atoms with Crippen molar-refractivity contribution in [2.75, 3.05) is 14.2 Å². The van der Waals surface area contributed by atoms with Gasteiger partial charge in [-0.15, -0.1) is 0 Å². The summed E-state index contributed by atoms with van der Waals surface area (Å²) in [6.07, 6.45) is 5.30. The Bertz CT molecular complexity index is 347. The topological polar surface area (TPSA) is 35.5 Å². The Labute approximate surface area is 103 Å². The molecule has 1 rings (SSSR count). The molecule has 0 unspecified atom stereocenters. The highest BCUT2D eigenvalue weighted by Crippen LogP contribution is 2.29. The number of ether oxygens (including phenoxy) is 2. The van der Waals surface area contributed by atoms with Crippen LogP contribution in [0.3, 0.4) is 0 Å². The van der Waals surface area contributed by atoms with Crippen molar-refractivity contribution < 1.29 is 14.3 Å². The quantitative estimate of drug-likeness (QED) is 0.538. The molecule has 0 spiro atoms. The Morgan fingerprint density at radius 1 is 1.12 bits per heavy atom. The monoisotopic (exact) mass is 236 g/mol. The summed E-state index contributed by atoms with van der Waals surface area (Å²) in [5.74, 6) is 1.18. The molecule has 0 atom stereocenters. The van der Waals surface area contributed by atoms with Crippen molar-refractivity contribution >= 4 is 6.29 Å². The van der Waals surface area contributed by atoms with Gasteiger partial charge in [-0.1, -0.05) is 19.8 Å². The SMILES string of the molecule is CCCCCc1cc(OC)c(C=O)c(OC)c1. The van der Waals surface area contributed by atoms with Gasteiger partial charge in [0.15, 0.2) is 6.29 Å². The maximum Gasteiger partial charge on any atom is 0.157 e. The first-order valence-corrected chi connectivity index (χ1v) is 5.96. The van der Waals surface area contributed by atoms with Crippen molar-refractivity contribution in [3.63, 3.8) is 0 Å². The molecule has 0 aliphatic rings. The third-order valence-electron chi connectivity index (χ3n) is 2.79. The minimum atomic E-state index is 0.481. The van der Waals surface area contributed by atoms with Crippen LogP contribution in [-0.4, -0.2) is 20.5 Å². The lowest BCUT2D eigenvalue weighted by Crippen LogP contribution is -1.98. The van der Waals surface area contributed by atoms with Crippen LogP contribution in [0, 0.1) is 0 Å². The molecule has 0 aromatic heterocycles. The molecule has 0 saturated carbocycles. The van der Waals surface area contributed by atoms with E-state index >= 15 is 0 Å². The standard InChI is InChI=1S/C14H20O3/c1-4-5-6-7-11-8-13(16-2)12(10-15)14(9-11)17-3/h8-10H,4-7H2,1-3H3. The summed E-state index contributed by atoms with van der Waals surface area (Å²) >= 11 is 0. The summed E-state index contributed by atoms with van der Waals surface area (Å²) in [6.45, 7) is 2.18. The average molecular weight is 236 g/mol. The van der Waals surface area contributed by atoms with Crippen LogP contribution < -0.4 is 9.47 Å². The zero-order valence-electron chi connectivity index (χ0n) is 10.8. The van der Waals surface area contributed by atoms with Gasteiger partial charge in [0.25, 0.3) is 0 Å². The smallest absolute Gasteiger partial charge is 0.157 e. The van der Waals surface area contributed by atoms with Crippen molar-refractivity contribution in [2.24, 2.45) is 0 Å². The molecule has 0 heterocycles. The summed E-state index contributed by atoms with van der Waals surface area (Å²) in [7, 11) is 3.13. The average Bonchev–Trinajstić information content (AvgIpc) is 2.37. The highest BCUT2D eigenvalue weighted by Gasteiger charge is 2.11. The van der Waals surface area contributed by atoms with Gasteiger partial charge in [-0.05, 0) is 30.5 Å². The highest BCUT2D eigenvalue weighted by atomic mass is 16.5. The Balaban J connectivity index is 2.96. The molecule has 0 bridgehead atoms. The van der Waals surface area contributed by atoms with Crippen LogP contribution in [-0.2, 0) is 6.42 Å². The van der Waals surface area contributed by atoms with Crippen molar-refractivity contribution in [3.8, 4) is 11.5 Å². The van der Waals surface area contributed by atoms with Gasteiger partial charge in [0.2, 0.25) is 0 Å². The molecule has 1 aromatic rings. The van der Waals surface area contributed by atoms with Gasteiger partial charge < -0.3 is 9.47 Å². The summed E-state index contributed by atoms with van der Waals surface area (Å²) in [5, 5.41) is 0. The fourth-order valence-electron chi connectivity index (χ4n) is 1.83. The number of hydrogen-bond acceptors (Lipinski definition) is 3. The Hall–Kier alpha value is -1.51. The number of carbonyl (C=O) groups excluding carboxylic acids is 1. The minimum absolute atomic E-state index is 0.481. The second-order valence-corrected chi connectivity index (χ2v) is 3.99. The number of rotatable bonds is 7. The third-order valence-corrected chi connectivity index (χ3v) is 2.79. The molecule has 0 aliphatic heterocycles. The van der Waals surface area contributed by atoms with Crippen LogP contribution in [0.2, 0.25) is 0 Å². The number of aldehydes is 1. The highest BCUT2D eigenvalue weighted by molar-refractivity contribution is 5.84. The number of carbonyl (C=O) groups is 1. The molecule has 1 aromatic carbocycles. The second-order valence-electron chi connectivity index (χ2n) is 3.99. The minimum Gasteiger partial charge on any atom is -0.496 e. The normalized spacial score (nSPS) is 10.1. The van der Waals surface area contributed by atoms with E-state index in [-0.39, 0.29) is 0 Å². The third kappa shape index (κ3) is 3.48. The Morgan fingerprint density at radius 2 is 1.71 bits per heavy atom. The lowest BCUT2D eigenvalue weighted by molar-refractivity contribution is 0.111. The van der Waals surface area contributed by atoms with Gasteiger partial charge >= 0.3 is 0 Å². The largest absolute Gasteiger partial charge is 0.496 e. The molecule has 0 amide bonds. The molecule has 3 nitrogen and oxygen atoms in total. The van der Waals surface area contributed by atoms with Crippen molar-refractivity contribution in [2.45, 2.75) is 32.6 Å². The van der Waals surface area contributed by atoms with Gasteiger partial charge in [-0.3, -0.25) is 4.79 Å². The molecular formula is C14H20O3. The molecule has 0 N–H and O–H groups in total. The summed E-state index contributed by atoms with van der Waals surface area (Å²) in [4.78, 5) is 11.0. The summed E-state index contributed by atoms with van der Waals surface area (Å²) in [5.41, 5.74) is 1.63. The lowest BCUT2D eigenvalue weighted by Gasteiger charge is -2.11. The van der Waals surface area contributed by atoms with Gasteiger partial charge in [-0.2, -0.15) is 0 Å². The Kier molecular flexibility index (Phi) is 5.53. The predicted molar refractivity (Wildman–Crippen MR) is 68.2 cm³/mol. The lowest BCUT2D eigenvalue weighted by atomic mass is 10.0. The maximum absolute atomic E-state index is 11.0. The van der Waals surface area contributed by atoms with Crippen molar-refractivity contribution in [1.29, 1.82) is 0 Å². The van der Waals surface area contributed by atoms with E-state index in [4.69, 9.17) is 9.47 Å². The van der Waals surface area contributed by atoms with Crippen LogP contribution in [0.15, 0.2) is 12.1 Å². The molecule has 0 radical (unpaired) electrons. The van der Waals surface area contributed by atoms with E-state index in [1.165, 1.54) is 12.8 Å². The maximum atomic E-state index is 11.0. The molecule has 17 heavy (non-hydrogen) atoms. The number of aryl methyl sites for hydroxylation is 1.